The Morgan fingerprint density at radius 3 is 2.11 bits per heavy atom. The molecule has 2 N–H and O–H groups in total. The normalized spacial score (nSPS) is 14.6. The van der Waals surface area contributed by atoms with E-state index in [0.29, 0.717) is 28.4 Å². The van der Waals surface area contributed by atoms with Gasteiger partial charge in [-0.15, -0.1) is 11.3 Å². The molecule has 8 heteroatoms. The molecule has 1 fully saturated rings. The molecule has 1 aromatic heterocycles. The number of hydrogen-bond acceptors (Lipinski definition) is 4. The van der Waals surface area contributed by atoms with Crippen LogP contribution in [0.2, 0.25) is 4.34 Å². The Labute approximate surface area is 222 Å². The smallest absolute Gasteiger partial charge is 0.412 e. The molecule has 5 nitrogen and oxygen atoms in total. The van der Waals surface area contributed by atoms with Gasteiger partial charge >= 0.3 is 12.1 Å². The van der Waals surface area contributed by atoms with E-state index in [1.807, 2.05) is 48.5 Å². The number of carbonyl (C=O) groups excluding carboxylic acids is 1. The summed E-state index contributed by atoms with van der Waals surface area (Å²) in [5, 5.41) is 12.3. The summed E-state index contributed by atoms with van der Waals surface area (Å²) in [5.74, 6) is -1.12. The monoisotopic (exact) mass is 535 g/mol. The van der Waals surface area contributed by atoms with Gasteiger partial charge in [-0.05, 0) is 65.8 Å². The van der Waals surface area contributed by atoms with E-state index >= 15 is 0 Å². The van der Waals surface area contributed by atoms with Crippen LogP contribution in [-0.2, 0) is 14.9 Å². The molecular weight excluding hydrogens is 513 g/mol. The highest BCUT2D eigenvalue weighted by molar-refractivity contribution is 7.20. The van der Waals surface area contributed by atoms with Crippen LogP contribution < -0.4 is 5.32 Å². The summed E-state index contributed by atoms with van der Waals surface area (Å²) < 4.78 is 19.1. The molecule has 37 heavy (non-hydrogen) atoms. The first kappa shape index (κ1) is 25.0. The van der Waals surface area contributed by atoms with Gasteiger partial charge in [0.15, 0.2) is 0 Å². The predicted molar refractivity (Wildman–Crippen MR) is 144 cm³/mol. The first-order chi connectivity index (χ1) is 17.7. The third-order valence-corrected chi connectivity index (χ3v) is 7.95. The number of hydrogen-bond donors (Lipinski definition) is 2. The lowest BCUT2D eigenvalue weighted by Gasteiger charge is -2.14. The molecule has 1 atom stereocenters. The molecule has 1 heterocycles. The molecule has 1 amide bonds. The second-order valence-corrected chi connectivity index (χ2v) is 10.7. The second kappa shape index (κ2) is 10.00. The Morgan fingerprint density at radius 1 is 0.973 bits per heavy atom. The fraction of sp³-hybridized carbons (Fsp3) is 0.172. The lowest BCUT2D eigenvalue weighted by molar-refractivity contribution is -0.140. The van der Waals surface area contributed by atoms with Crippen molar-refractivity contribution >= 4 is 40.7 Å². The number of thiophene rings is 1. The Kier molecular flexibility index (Phi) is 6.75. The number of halogens is 2. The van der Waals surface area contributed by atoms with E-state index < -0.39 is 23.6 Å². The van der Waals surface area contributed by atoms with Gasteiger partial charge < -0.3 is 9.84 Å². The number of carboxylic acid groups (broad SMARTS) is 1. The summed E-state index contributed by atoms with van der Waals surface area (Å²) in [6, 6.07) is 23.0. The number of carboxylic acids is 1. The largest absolute Gasteiger partial charge is 0.481 e. The minimum atomic E-state index is -0.766. The third kappa shape index (κ3) is 5.24. The van der Waals surface area contributed by atoms with Crippen molar-refractivity contribution in [2.45, 2.75) is 31.3 Å². The number of nitrogens with one attached hydrogen (secondary N) is 1. The predicted octanol–water partition coefficient (Wildman–Crippen LogP) is 8.30. The molecule has 0 unspecified atom stereocenters. The zero-order valence-electron chi connectivity index (χ0n) is 19.8. The summed E-state index contributed by atoms with van der Waals surface area (Å²) >= 11 is 7.61. The highest BCUT2D eigenvalue weighted by Crippen LogP contribution is 2.48. The van der Waals surface area contributed by atoms with E-state index in [4.69, 9.17) is 16.3 Å². The van der Waals surface area contributed by atoms with Crippen LogP contribution in [0, 0.1) is 5.82 Å². The number of anilines is 1. The number of aliphatic carboxylic acids is 1. The van der Waals surface area contributed by atoms with Crippen molar-refractivity contribution in [2.75, 3.05) is 5.32 Å². The van der Waals surface area contributed by atoms with Crippen LogP contribution in [0.25, 0.3) is 21.6 Å². The minimum Gasteiger partial charge on any atom is -0.481 e. The number of benzene rings is 3. The first-order valence-electron chi connectivity index (χ1n) is 11.7. The highest BCUT2D eigenvalue weighted by Gasteiger charge is 2.51. The van der Waals surface area contributed by atoms with Crippen LogP contribution in [0.5, 0.6) is 0 Å². The van der Waals surface area contributed by atoms with Crippen molar-refractivity contribution in [3.8, 4) is 21.6 Å². The number of ether oxygens (including phenoxy) is 1. The first-order valence-corrected chi connectivity index (χ1v) is 12.9. The van der Waals surface area contributed by atoms with Gasteiger partial charge in [0, 0.05) is 0 Å². The van der Waals surface area contributed by atoms with Gasteiger partial charge in [0.25, 0.3) is 0 Å². The van der Waals surface area contributed by atoms with Gasteiger partial charge in [-0.2, -0.15) is 0 Å². The summed E-state index contributed by atoms with van der Waals surface area (Å²) in [5.41, 5.74) is 4.18. The van der Waals surface area contributed by atoms with E-state index in [1.165, 1.54) is 23.5 Å². The van der Waals surface area contributed by atoms with Gasteiger partial charge in [-0.25, -0.2) is 9.18 Å². The quantitative estimate of drug-likeness (QED) is 0.249. The molecule has 1 aliphatic rings. The van der Waals surface area contributed by atoms with Crippen molar-refractivity contribution in [1.29, 1.82) is 0 Å². The van der Waals surface area contributed by atoms with Crippen LogP contribution in [0.3, 0.4) is 0 Å². The maximum absolute atomic E-state index is 13.2. The van der Waals surface area contributed by atoms with Crippen LogP contribution in [0.1, 0.15) is 37.0 Å². The molecule has 0 saturated heterocycles. The molecule has 0 radical (unpaired) electrons. The SMILES string of the molecule is C[C@@H](OC(=O)Nc1cc(Cl)sc1-c1ccc(-c2ccc(C3(C(=O)O)CC3)cc2)cc1)c1ccc(F)cc1. The Balaban J connectivity index is 1.29. The molecule has 5 rings (SSSR count). The molecule has 3 aromatic carbocycles. The van der Waals surface area contributed by atoms with Gasteiger partial charge in [0.2, 0.25) is 0 Å². The number of rotatable bonds is 7. The van der Waals surface area contributed by atoms with Crippen LogP contribution >= 0.6 is 22.9 Å². The van der Waals surface area contributed by atoms with Gasteiger partial charge in [0.1, 0.15) is 11.9 Å². The number of carbonyl (C=O) groups is 2. The van der Waals surface area contributed by atoms with Gasteiger partial charge in [-0.3, -0.25) is 10.1 Å². The lowest BCUT2D eigenvalue weighted by Crippen LogP contribution is -2.19. The maximum Gasteiger partial charge on any atom is 0.412 e. The van der Waals surface area contributed by atoms with Gasteiger partial charge in [0.05, 0.1) is 20.3 Å². The third-order valence-electron chi connectivity index (χ3n) is 6.64. The topological polar surface area (TPSA) is 75.6 Å². The fourth-order valence-electron chi connectivity index (χ4n) is 4.32. The average Bonchev–Trinajstić information content (AvgIpc) is 3.63. The van der Waals surface area contributed by atoms with Crippen molar-refractivity contribution in [3.05, 3.63) is 100 Å². The zero-order chi connectivity index (χ0) is 26.2. The van der Waals surface area contributed by atoms with E-state index in [2.05, 4.69) is 5.32 Å². The van der Waals surface area contributed by atoms with E-state index in [0.717, 1.165) is 27.1 Å². The molecule has 4 aromatic rings. The summed E-state index contributed by atoms with van der Waals surface area (Å²) in [6.45, 7) is 1.71. The molecule has 0 bridgehead atoms. The Bertz CT molecular complexity index is 1450. The van der Waals surface area contributed by atoms with E-state index in [9.17, 15) is 19.1 Å². The van der Waals surface area contributed by atoms with Crippen molar-refractivity contribution in [1.82, 2.24) is 0 Å². The maximum atomic E-state index is 13.2. The Hall–Kier alpha value is -3.68. The highest BCUT2D eigenvalue weighted by atomic mass is 35.5. The molecule has 1 aliphatic carbocycles. The van der Waals surface area contributed by atoms with Crippen molar-refractivity contribution in [2.24, 2.45) is 0 Å². The molecular formula is C29H23ClFNO4S. The molecule has 0 spiro atoms. The van der Waals surface area contributed by atoms with Crippen molar-refractivity contribution in [3.63, 3.8) is 0 Å². The standard InChI is InChI=1S/C29H23ClFNO4S/c1-17(18-8-12-23(31)13-9-18)36-28(35)32-24-16-25(30)37-26(24)21-4-2-19(3-5-21)20-6-10-22(11-7-20)29(14-15-29)27(33)34/h2-13,16-17H,14-15H2,1H3,(H,32,35)(H,33,34)/t17-/m1/s1. The van der Waals surface area contributed by atoms with Crippen LogP contribution in [-0.4, -0.2) is 17.2 Å². The van der Waals surface area contributed by atoms with Crippen molar-refractivity contribution < 1.29 is 23.8 Å². The lowest BCUT2D eigenvalue weighted by atomic mass is 9.93. The summed E-state index contributed by atoms with van der Waals surface area (Å²) in [7, 11) is 0. The summed E-state index contributed by atoms with van der Waals surface area (Å²) in [4.78, 5) is 24.9. The Morgan fingerprint density at radius 2 is 1.54 bits per heavy atom. The molecule has 188 valence electrons. The fourth-order valence-corrected chi connectivity index (χ4v) is 5.50. The molecule has 0 aliphatic heterocycles. The van der Waals surface area contributed by atoms with E-state index in [-0.39, 0.29) is 5.82 Å². The average molecular weight is 536 g/mol. The van der Waals surface area contributed by atoms with Gasteiger partial charge in [-0.1, -0.05) is 72.3 Å². The van der Waals surface area contributed by atoms with E-state index in [1.54, 1.807) is 25.1 Å². The van der Waals surface area contributed by atoms with Crippen LogP contribution in [0.15, 0.2) is 78.9 Å². The second-order valence-electron chi connectivity index (χ2n) is 9.06. The molecule has 1 saturated carbocycles. The zero-order valence-corrected chi connectivity index (χ0v) is 21.4. The summed E-state index contributed by atoms with van der Waals surface area (Å²) in [6.07, 6.45) is 0.150. The van der Waals surface area contributed by atoms with Crippen LogP contribution in [0.4, 0.5) is 14.9 Å². The number of amides is 1. The minimum absolute atomic E-state index is 0.356.